The summed E-state index contributed by atoms with van der Waals surface area (Å²) in [4.78, 5) is 11.7. The van der Waals surface area contributed by atoms with Crippen LogP contribution >= 0.6 is 0 Å². The predicted molar refractivity (Wildman–Crippen MR) is 77.2 cm³/mol. The molecule has 0 spiro atoms. The van der Waals surface area contributed by atoms with Gasteiger partial charge >= 0.3 is 0 Å². The first-order valence-corrected chi connectivity index (χ1v) is 7.31. The van der Waals surface area contributed by atoms with Gasteiger partial charge in [0.2, 0.25) is 5.91 Å². The van der Waals surface area contributed by atoms with E-state index in [2.05, 4.69) is 17.4 Å². The Labute approximate surface area is 119 Å². The fourth-order valence-corrected chi connectivity index (χ4v) is 3.00. The largest absolute Gasteiger partial charge is 0.395 e. The zero-order valence-corrected chi connectivity index (χ0v) is 11.7. The van der Waals surface area contributed by atoms with Crippen molar-refractivity contribution in [1.29, 1.82) is 0 Å². The SMILES string of the molecule is O=C(CC1CC(c2ccccc2)CCC1O)NCCO. The lowest BCUT2D eigenvalue weighted by molar-refractivity contribution is -0.123. The van der Waals surface area contributed by atoms with Crippen LogP contribution in [0, 0.1) is 5.92 Å². The third-order valence-electron chi connectivity index (χ3n) is 4.09. The molecule has 1 fully saturated rings. The Kier molecular flexibility index (Phi) is 5.56. The minimum absolute atomic E-state index is 0.00708. The van der Waals surface area contributed by atoms with Crippen LogP contribution in [-0.4, -0.2) is 35.4 Å². The van der Waals surface area contributed by atoms with Crippen LogP contribution in [0.2, 0.25) is 0 Å². The van der Waals surface area contributed by atoms with Crippen LogP contribution < -0.4 is 5.32 Å². The monoisotopic (exact) mass is 277 g/mol. The van der Waals surface area contributed by atoms with Gasteiger partial charge in [-0.15, -0.1) is 0 Å². The van der Waals surface area contributed by atoms with Gasteiger partial charge in [-0.2, -0.15) is 0 Å². The number of rotatable bonds is 5. The highest BCUT2D eigenvalue weighted by molar-refractivity contribution is 5.76. The van der Waals surface area contributed by atoms with Gasteiger partial charge in [-0.1, -0.05) is 30.3 Å². The van der Waals surface area contributed by atoms with Crippen molar-refractivity contribution in [2.75, 3.05) is 13.2 Å². The molecular weight excluding hydrogens is 254 g/mol. The predicted octanol–water partition coefficient (Wildman–Crippen LogP) is 1.43. The quantitative estimate of drug-likeness (QED) is 0.762. The van der Waals surface area contributed by atoms with E-state index in [1.54, 1.807) is 0 Å². The molecule has 0 aliphatic heterocycles. The fourth-order valence-electron chi connectivity index (χ4n) is 3.00. The summed E-state index contributed by atoms with van der Waals surface area (Å²) in [5.74, 6) is 0.347. The van der Waals surface area contributed by atoms with Gasteiger partial charge in [0.25, 0.3) is 0 Å². The third kappa shape index (κ3) is 4.05. The van der Waals surface area contributed by atoms with Crippen molar-refractivity contribution in [3.05, 3.63) is 35.9 Å². The molecule has 1 aromatic rings. The van der Waals surface area contributed by atoms with Gasteiger partial charge in [0.05, 0.1) is 12.7 Å². The number of hydrogen-bond acceptors (Lipinski definition) is 3. The van der Waals surface area contributed by atoms with E-state index in [9.17, 15) is 9.90 Å². The van der Waals surface area contributed by atoms with E-state index in [0.717, 1.165) is 19.3 Å². The molecule has 1 aromatic carbocycles. The Bertz CT molecular complexity index is 421. The molecular formula is C16H23NO3. The van der Waals surface area contributed by atoms with Gasteiger partial charge in [-0.3, -0.25) is 4.79 Å². The minimum atomic E-state index is -0.394. The van der Waals surface area contributed by atoms with Gasteiger partial charge in [0, 0.05) is 13.0 Å². The smallest absolute Gasteiger partial charge is 0.220 e. The Hall–Kier alpha value is -1.39. The fraction of sp³-hybridized carbons (Fsp3) is 0.562. The number of carbonyl (C=O) groups excluding carboxylic acids is 1. The highest BCUT2D eigenvalue weighted by Crippen LogP contribution is 2.37. The molecule has 110 valence electrons. The average molecular weight is 277 g/mol. The van der Waals surface area contributed by atoms with Crippen molar-refractivity contribution < 1.29 is 15.0 Å². The van der Waals surface area contributed by atoms with E-state index in [1.807, 2.05) is 18.2 Å². The van der Waals surface area contributed by atoms with E-state index in [1.165, 1.54) is 5.56 Å². The second kappa shape index (κ2) is 7.41. The summed E-state index contributed by atoms with van der Waals surface area (Å²) in [5, 5.41) is 21.4. The number of carbonyl (C=O) groups is 1. The maximum Gasteiger partial charge on any atom is 0.220 e. The van der Waals surface area contributed by atoms with Gasteiger partial charge in [0.1, 0.15) is 0 Å². The molecule has 3 atom stereocenters. The molecule has 1 amide bonds. The van der Waals surface area contributed by atoms with E-state index in [4.69, 9.17) is 5.11 Å². The lowest BCUT2D eigenvalue weighted by atomic mass is 9.75. The standard InChI is InChI=1S/C16H23NO3/c18-9-8-17-16(20)11-14-10-13(6-7-15(14)19)12-4-2-1-3-5-12/h1-5,13-15,18-19H,6-11H2,(H,17,20). The zero-order chi connectivity index (χ0) is 14.4. The molecule has 0 saturated heterocycles. The van der Waals surface area contributed by atoms with E-state index in [0.29, 0.717) is 12.3 Å². The average Bonchev–Trinajstić information content (AvgIpc) is 2.48. The second-order valence-corrected chi connectivity index (χ2v) is 5.53. The zero-order valence-electron chi connectivity index (χ0n) is 11.7. The van der Waals surface area contributed by atoms with Crippen molar-refractivity contribution in [1.82, 2.24) is 5.32 Å². The Morgan fingerprint density at radius 1 is 1.25 bits per heavy atom. The number of nitrogens with one attached hydrogen (secondary N) is 1. The van der Waals surface area contributed by atoms with Crippen LogP contribution in [0.4, 0.5) is 0 Å². The lowest BCUT2D eigenvalue weighted by Gasteiger charge is -2.33. The summed E-state index contributed by atoms with van der Waals surface area (Å²) in [7, 11) is 0. The third-order valence-corrected chi connectivity index (χ3v) is 4.09. The summed E-state index contributed by atoms with van der Waals surface area (Å²) >= 11 is 0. The number of aliphatic hydroxyl groups excluding tert-OH is 2. The number of aliphatic hydroxyl groups is 2. The highest BCUT2D eigenvalue weighted by atomic mass is 16.3. The molecule has 1 saturated carbocycles. The van der Waals surface area contributed by atoms with Crippen molar-refractivity contribution in [3.8, 4) is 0 Å². The second-order valence-electron chi connectivity index (χ2n) is 5.53. The van der Waals surface area contributed by atoms with Crippen LogP contribution in [0.1, 0.15) is 37.2 Å². The first-order valence-electron chi connectivity index (χ1n) is 7.31. The first kappa shape index (κ1) is 15.0. The van der Waals surface area contributed by atoms with Gasteiger partial charge in [-0.05, 0) is 36.7 Å². The molecule has 4 heteroatoms. The molecule has 20 heavy (non-hydrogen) atoms. The molecule has 0 aromatic heterocycles. The Morgan fingerprint density at radius 3 is 2.70 bits per heavy atom. The minimum Gasteiger partial charge on any atom is -0.395 e. The molecule has 0 bridgehead atoms. The van der Waals surface area contributed by atoms with Gasteiger partial charge in [0.15, 0.2) is 0 Å². The van der Waals surface area contributed by atoms with Crippen molar-refractivity contribution in [3.63, 3.8) is 0 Å². The van der Waals surface area contributed by atoms with Crippen molar-refractivity contribution in [2.45, 2.75) is 37.7 Å². The molecule has 3 unspecified atom stereocenters. The summed E-state index contributed by atoms with van der Waals surface area (Å²) < 4.78 is 0. The number of hydrogen-bond donors (Lipinski definition) is 3. The van der Waals surface area contributed by atoms with Gasteiger partial charge < -0.3 is 15.5 Å². The molecule has 3 N–H and O–H groups in total. The molecule has 0 heterocycles. The van der Waals surface area contributed by atoms with Crippen LogP contribution in [0.15, 0.2) is 30.3 Å². The van der Waals surface area contributed by atoms with Crippen LogP contribution in [0.3, 0.4) is 0 Å². The summed E-state index contributed by atoms with van der Waals surface area (Å²) in [6.07, 6.45) is 2.51. The van der Waals surface area contributed by atoms with Crippen LogP contribution in [0.5, 0.6) is 0 Å². The molecule has 4 nitrogen and oxygen atoms in total. The van der Waals surface area contributed by atoms with E-state index < -0.39 is 6.10 Å². The van der Waals surface area contributed by atoms with Gasteiger partial charge in [-0.25, -0.2) is 0 Å². The molecule has 2 rings (SSSR count). The topological polar surface area (TPSA) is 69.6 Å². The Morgan fingerprint density at radius 2 is 2.00 bits per heavy atom. The summed E-state index contributed by atoms with van der Waals surface area (Å²) in [6.45, 7) is 0.232. The first-order chi connectivity index (χ1) is 9.70. The lowest BCUT2D eigenvalue weighted by Crippen LogP contribution is -2.34. The van der Waals surface area contributed by atoms with E-state index in [-0.39, 0.29) is 25.0 Å². The maximum atomic E-state index is 11.7. The summed E-state index contributed by atoms with van der Waals surface area (Å²) in [6, 6.07) is 10.3. The van der Waals surface area contributed by atoms with Crippen molar-refractivity contribution >= 4 is 5.91 Å². The van der Waals surface area contributed by atoms with Crippen molar-refractivity contribution in [2.24, 2.45) is 5.92 Å². The van der Waals surface area contributed by atoms with Crippen LogP contribution in [-0.2, 0) is 4.79 Å². The summed E-state index contributed by atoms with van der Waals surface area (Å²) in [5.41, 5.74) is 1.29. The number of amides is 1. The molecule has 0 radical (unpaired) electrons. The normalized spacial score (nSPS) is 26.2. The highest BCUT2D eigenvalue weighted by Gasteiger charge is 2.31. The Balaban J connectivity index is 1.93. The number of benzene rings is 1. The maximum absolute atomic E-state index is 11.7. The molecule has 1 aliphatic rings. The molecule has 1 aliphatic carbocycles. The van der Waals surface area contributed by atoms with E-state index >= 15 is 0 Å². The van der Waals surface area contributed by atoms with Crippen LogP contribution in [0.25, 0.3) is 0 Å².